The first-order chi connectivity index (χ1) is 9.67. The van der Waals surface area contributed by atoms with Crippen LogP contribution in [0.4, 0.5) is 6.01 Å². The summed E-state index contributed by atoms with van der Waals surface area (Å²) in [6.45, 7) is 2.63. The summed E-state index contributed by atoms with van der Waals surface area (Å²) in [6, 6.07) is -0.161. The van der Waals surface area contributed by atoms with Crippen LogP contribution >= 0.6 is 0 Å². The third-order valence-corrected chi connectivity index (χ3v) is 3.20. The van der Waals surface area contributed by atoms with Crippen LogP contribution < -0.4 is 4.90 Å². The van der Waals surface area contributed by atoms with E-state index in [9.17, 15) is 9.59 Å². The molecular weight excluding hydrogens is 264 g/mol. The fourth-order valence-corrected chi connectivity index (χ4v) is 2.24. The highest BCUT2D eigenvalue weighted by Crippen LogP contribution is 2.25. The number of nitrogens with zero attached hydrogens (tertiary/aromatic N) is 2. The van der Waals surface area contributed by atoms with Crippen molar-refractivity contribution in [2.75, 3.05) is 25.2 Å². The Morgan fingerprint density at radius 2 is 2.30 bits per heavy atom. The Morgan fingerprint density at radius 3 is 3.00 bits per heavy atom. The first kappa shape index (κ1) is 14.4. The summed E-state index contributed by atoms with van der Waals surface area (Å²) in [5.41, 5.74) is 0.107. The van der Waals surface area contributed by atoms with Gasteiger partial charge in [0, 0.05) is 6.54 Å². The summed E-state index contributed by atoms with van der Waals surface area (Å²) in [5, 5.41) is 0. The van der Waals surface area contributed by atoms with Crippen molar-refractivity contribution in [2.45, 2.75) is 32.2 Å². The number of piperidine rings is 1. The van der Waals surface area contributed by atoms with E-state index in [2.05, 4.69) is 4.98 Å². The Morgan fingerprint density at radius 1 is 1.50 bits per heavy atom. The lowest BCUT2D eigenvalue weighted by atomic mass is 10.0. The summed E-state index contributed by atoms with van der Waals surface area (Å²) in [5.74, 6) is -0.852. The Hall–Kier alpha value is -2.05. The number of methoxy groups -OCH3 is 1. The van der Waals surface area contributed by atoms with E-state index in [0.717, 1.165) is 12.8 Å². The molecule has 0 aromatic carbocycles. The first-order valence-electron chi connectivity index (χ1n) is 6.64. The number of anilines is 1. The molecule has 1 unspecified atom stereocenters. The van der Waals surface area contributed by atoms with Gasteiger partial charge in [-0.2, -0.15) is 4.98 Å². The van der Waals surface area contributed by atoms with E-state index in [1.165, 1.54) is 13.4 Å². The number of aromatic nitrogens is 1. The van der Waals surface area contributed by atoms with Gasteiger partial charge >= 0.3 is 11.9 Å². The van der Waals surface area contributed by atoms with Gasteiger partial charge in [0.1, 0.15) is 12.3 Å². The topological polar surface area (TPSA) is 81.9 Å². The number of esters is 2. The van der Waals surface area contributed by atoms with Crippen molar-refractivity contribution in [3.8, 4) is 0 Å². The van der Waals surface area contributed by atoms with E-state index in [0.29, 0.717) is 13.0 Å². The number of carbonyl (C=O) groups is 2. The van der Waals surface area contributed by atoms with Gasteiger partial charge in [-0.25, -0.2) is 9.59 Å². The van der Waals surface area contributed by atoms with Crippen molar-refractivity contribution in [3.05, 3.63) is 12.0 Å². The first-order valence-corrected chi connectivity index (χ1v) is 6.64. The molecule has 0 radical (unpaired) electrons. The Kier molecular flexibility index (Phi) is 4.60. The number of hydrogen-bond acceptors (Lipinski definition) is 7. The molecule has 2 rings (SSSR count). The molecule has 110 valence electrons. The predicted octanol–water partition coefficient (Wildman–Crippen LogP) is 1.38. The van der Waals surface area contributed by atoms with Crippen LogP contribution in [0.15, 0.2) is 10.7 Å². The van der Waals surface area contributed by atoms with Crippen molar-refractivity contribution >= 4 is 18.0 Å². The standard InChI is InChI=1S/C13H18N2O5/c1-3-19-11(16)9-8-20-13(14-9)15-7-5-4-6-10(15)12(17)18-2/h8,10H,3-7H2,1-2H3. The SMILES string of the molecule is CCOC(=O)c1coc(N2CCCCC2C(=O)OC)n1. The van der Waals surface area contributed by atoms with Crippen LogP contribution in [0.25, 0.3) is 0 Å². The molecule has 1 aromatic rings. The van der Waals surface area contributed by atoms with Crippen LogP contribution in [-0.2, 0) is 14.3 Å². The van der Waals surface area contributed by atoms with Gasteiger partial charge in [0.25, 0.3) is 6.01 Å². The zero-order chi connectivity index (χ0) is 14.5. The molecule has 1 fully saturated rings. The normalized spacial score (nSPS) is 18.7. The highest BCUT2D eigenvalue weighted by molar-refractivity contribution is 5.87. The molecule has 7 nitrogen and oxygen atoms in total. The van der Waals surface area contributed by atoms with Crippen molar-refractivity contribution < 1.29 is 23.5 Å². The van der Waals surface area contributed by atoms with E-state index < -0.39 is 12.0 Å². The number of rotatable bonds is 4. The number of ether oxygens (including phenoxy) is 2. The monoisotopic (exact) mass is 282 g/mol. The third kappa shape index (κ3) is 2.92. The molecule has 7 heteroatoms. The molecule has 1 atom stereocenters. The number of carbonyl (C=O) groups excluding carboxylic acids is 2. The lowest BCUT2D eigenvalue weighted by Crippen LogP contribution is -2.45. The highest BCUT2D eigenvalue weighted by atomic mass is 16.5. The van der Waals surface area contributed by atoms with Crippen molar-refractivity contribution in [1.82, 2.24) is 4.98 Å². The molecule has 1 saturated heterocycles. The molecule has 20 heavy (non-hydrogen) atoms. The van der Waals surface area contributed by atoms with Gasteiger partial charge < -0.3 is 18.8 Å². The van der Waals surface area contributed by atoms with Gasteiger partial charge in [-0.1, -0.05) is 0 Å². The van der Waals surface area contributed by atoms with Crippen LogP contribution in [0.3, 0.4) is 0 Å². The molecule has 1 aliphatic rings. The fourth-order valence-electron chi connectivity index (χ4n) is 2.24. The minimum atomic E-state index is -0.533. The average molecular weight is 282 g/mol. The summed E-state index contributed by atoms with van der Waals surface area (Å²) < 4.78 is 14.9. The highest BCUT2D eigenvalue weighted by Gasteiger charge is 2.32. The van der Waals surface area contributed by atoms with Gasteiger partial charge in [-0.3, -0.25) is 0 Å². The maximum atomic E-state index is 11.8. The molecule has 0 bridgehead atoms. The Bertz CT molecular complexity index is 485. The number of hydrogen-bond donors (Lipinski definition) is 0. The smallest absolute Gasteiger partial charge is 0.360 e. The molecule has 0 spiro atoms. The second-order valence-electron chi connectivity index (χ2n) is 4.46. The maximum absolute atomic E-state index is 11.8. The minimum absolute atomic E-state index is 0.107. The molecule has 0 N–H and O–H groups in total. The van der Waals surface area contributed by atoms with E-state index in [1.54, 1.807) is 11.8 Å². The van der Waals surface area contributed by atoms with Crippen molar-refractivity contribution in [1.29, 1.82) is 0 Å². The van der Waals surface area contributed by atoms with Crippen molar-refractivity contribution in [3.63, 3.8) is 0 Å². The zero-order valence-electron chi connectivity index (χ0n) is 11.6. The van der Waals surface area contributed by atoms with Gasteiger partial charge in [0.05, 0.1) is 13.7 Å². The largest absolute Gasteiger partial charge is 0.467 e. The van der Waals surface area contributed by atoms with Crippen LogP contribution in [-0.4, -0.2) is 43.2 Å². The fraction of sp³-hybridized carbons (Fsp3) is 0.615. The summed E-state index contributed by atoms with van der Waals surface area (Å²) in [7, 11) is 1.36. The molecule has 0 aliphatic carbocycles. The van der Waals surface area contributed by atoms with E-state index in [-0.39, 0.29) is 24.3 Å². The molecule has 2 heterocycles. The molecule has 1 aromatic heterocycles. The zero-order valence-corrected chi connectivity index (χ0v) is 11.6. The molecular formula is C13H18N2O5. The van der Waals surface area contributed by atoms with Crippen LogP contribution in [0, 0.1) is 0 Å². The van der Waals surface area contributed by atoms with Gasteiger partial charge in [0.2, 0.25) is 0 Å². The quantitative estimate of drug-likeness (QED) is 0.771. The van der Waals surface area contributed by atoms with Crippen LogP contribution in [0.1, 0.15) is 36.7 Å². The minimum Gasteiger partial charge on any atom is -0.467 e. The van der Waals surface area contributed by atoms with E-state index in [4.69, 9.17) is 13.9 Å². The van der Waals surface area contributed by atoms with Gasteiger partial charge in [-0.15, -0.1) is 0 Å². The Balaban J connectivity index is 2.16. The summed E-state index contributed by atoms with van der Waals surface area (Å²) in [6.07, 6.45) is 3.81. The van der Waals surface area contributed by atoms with Crippen LogP contribution in [0.2, 0.25) is 0 Å². The third-order valence-electron chi connectivity index (χ3n) is 3.20. The van der Waals surface area contributed by atoms with Crippen LogP contribution in [0.5, 0.6) is 0 Å². The van der Waals surface area contributed by atoms with Crippen molar-refractivity contribution in [2.24, 2.45) is 0 Å². The van der Waals surface area contributed by atoms with Gasteiger partial charge in [0.15, 0.2) is 5.69 Å². The number of oxazole rings is 1. The van der Waals surface area contributed by atoms with Gasteiger partial charge in [-0.05, 0) is 26.2 Å². The molecule has 1 aliphatic heterocycles. The Labute approximate surface area is 116 Å². The molecule has 0 saturated carbocycles. The predicted molar refractivity (Wildman–Crippen MR) is 69.5 cm³/mol. The maximum Gasteiger partial charge on any atom is 0.360 e. The van der Waals surface area contributed by atoms with E-state index in [1.807, 2.05) is 0 Å². The second-order valence-corrected chi connectivity index (χ2v) is 4.46. The van der Waals surface area contributed by atoms with E-state index >= 15 is 0 Å². The summed E-state index contributed by atoms with van der Waals surface area (Å²) in [4.78, 5) is 29.2. The lowest BCUT2D eigenvalue weighted by molar-refractivity contribution is -0.142. The average Bonchev–Trinajstić information content (AvgIpc) is 2.96. The second kappa shape index (κ2) is 6.40. The summed E-state index contributed by atoms with van der Waals surface area (Å²) >= 11 is 0. The lowest BCUT2D eigenvalue weighted by Gasteiger charge is -2.32. The molecule has 0 amide bonds.